The smallest absolute Gasteiger partial charge is 0.154 e. The molecule has 0 saturated heterocycles. The number of aromatic nitrogens is 2. The second-order valence-electron chi connectivity index (χ2n) is 4.13. The molecule has 3 nitrogen and oxygen atoms in total. The molecular formula is C14H13Cl2N3. The summed E-state index contributed by atoms with van der Waals surface area (Å²) in [6.45, 7) is 1.95. The second-order valence-corrected chi connectivity index (χ2v) is 4.76. The maximum Gasteiger partial charge on any atom is 0.154 e. The Morgan fingerprint density at radius 3 is 2.89 bits per heavy atom. The number of allylic oxidation sites excluding steroid dienone is 1. The van der Waals surface area contributed by atoms with Crippen LogP contribution in [0.4, 0.5) is 5.82 Å². The number of hydrogen-bond acceptors (Lipinski definition) is 3. The van der Waals surface area contributed by atoms with Crippen molar-refractivity contribution in [2.75, 3.05) is 5.73 Å². The van der Waals surface area contributed by atoms with E-state index in [2.05, 4.69) is 10.2 Å². The quantitative estimate of drug-likeness (QED) is 0.931. The van der Waals surface area contributed by atoms with E-state index in [0.717, 1.165) is 22.3 Å². The lowest BCUT2D eigenvalue weighted by atomic mass is 9.98. The van der Waals surface area contributed by atoms with Gasteiger partial charge in [-0.25, -0.2) is 0 Å². The summed E-state index contributed by atoms with van der Waals surface area (Å²) in [5, 5.41) is 8.47. The van der Waals surface area contributed by atoms with Gasteiger partial charge in [0.15, 0.2) is 5.82 Å². The number of rotatable bonds is 3. The van der Waals surface area contributed by atoms with E-state index < -0.39 is 0 Å². The average Bonchev–Trinajstić information content (AvgIpc) is 2.40. The van der Waals surface area contributed by atoms with Gasteiger partial charge >= 0.3 is 0 Å². The molecule has 0 aliphatic rings. The Morgan fingerprint density at radius 2 is 2.16 bits per heavy atom. The minimum Gasteiger partial charge on any atom is -0.382 e. The molecule has 1 aromatic carbocycles. The van der Waals surface area contributed by atoms with Crippen molar-refractivity contribution in [1.29, 1.82) is 0 Å². The van der Waals surface area contributed by atoms with Crippen LogP contribution in [-0.2, 0) is 6.42 Å². The van der Waals surface area contributed by atoms with Gasteiger partial charge < -0.3 is 5.73 Å². The van der Waals surface area contributed by atoms with Gasteiger partial charge in [-0.2, -0.15) is 5.10 Å². The highest BCUT2D eigenvalue weighted by Gasteiger charge is 2.14. The number of hydrogen-bond donors (Lipinski definition) is 1. The summed E-state index contributed by atoms with van der Waals surface area (Å²) in [7, 11) is 0. The van der Waals surface area contributed by atoms with E-state index >= 15 is 0 Å². The molecule has 98 valence electrons. The maximum absolute atomic E-state index is 6.36. The van der Waals surface area contributed by atoms with E-state index in [0.29, 0.717) is 17.3 Å². The van der Waals surface area contributed by atoms with Crippen LogP contribution in [0.25, 0.3) is 11.1 Å². The van der Waals surface area contributed by atoms with Crippen molar-refractivity contribution in [2.24, 2.45) is 0 Å². The Kier molecular flexibility index (Phi) is 4.40. The molecule has 0 aliphatic carbocycles. The molecule has 5 heteroatoms. The SMILES string of the molecule is Cc1cccc(-c2c(CC=CCl)cnnc2N)c1Cl. The van der Waals surface area contributed by atoms with Gasteiger partial charge in [-0.15, -0.1) is 5.10 Å². The summed E-state index contributed by atoms with van der Waals surface area (Å²) in [6.07, 6.45) is 4.13. The zero-order valence-corrected chi connectivity index (χ0v) is 11.9. The van der Waals surface area contributed by atoms with E-state index in [1.54, 1.807) is 6.20 Å². The summed E-state index contributed by atoms with van der Waals surface area (Å²) in [5.41, 5.74) is 11.0. The Bertz CT molecular complexity index is 624. The van der Waals surface area contributed by atoms with Crippen LogP contribution in [0.1, 0.15) is 11.1 Å². The number of nitrogen functional groups attached to an aromatic ring is 1. The van der Waals surface area contributed by atoms with Crippen LogP contribution < -0.4 is 5.73 Å². The highest BCUT2D eigenvalue weighted by atomic mass is 35.5. The molecule has 19 heavy (non-hydrogen) atoms. The van der Waals surface area contributed by atoms with Gasteiger partial charge in [0.1, 0.15) is 0 Å². The molecule has 0 atom stereocenters. The van der Waals surface area contributed by atoms with Crippen molar-refractivity contribution in [3.63, 3.8) is 0 Å². The first-order chi connectivity index (χ1) is 9.15. The number of halogens is 2. The van der Waals surface area contributed by atoms with Crippen LogP contribution in [0.2, 0.25) is 5.02 Å². The summed E-state index contributed by atoms with van der Waals surface area (Å²) >= 11 is 11.9. The molecule has 0 spiro atoms. The Labute approximate surface area is 122 Å². The zero-order chi connectivity index (χ0) is 13.8. The van der Waals surface area contributed by atoms with Crippen molar-refractivity contribution in [1.82, 2.24) is 10.2 Å². The molecule has 2 rings (SSSR count). The number of nitrogens with zero attached hydrogens (tertiary/aromatic N) is 2. The average molecular weight is 294 g/mol. The fraction of sp³-hybridized carbons (Fsp3) is 0.143. The summed E-state index contributed by atoms with van der Waals surface area (Å²) in [6, 6.07) is 5.82. The highest BCUT2D eigenvalue weighted by Crippen LogP contribution is 2.35. The predicted octanol–water partition coefficient (Wildman–Crippen LogP) is 3.98. The molecule has 1 aromatic heterocycles. The zero-order valence-electron chi connectivity index (χ0n) is 10.4. The minimum absolute atomic E-state index is 0.368. The fourth-order valence-electron chi connectivity index (χ4n) is 1.92. The fourth-order valence-corrected chi connectivity index (χ4v) is 2.23. The number of benzene rings is 1. The maximum atomic E-state index is 6.36. The Hall–Kier alpha value is -1.58. The molecule has 0 unspecified atom stereocenters. The highest BCUT2D eigenvalue weighted by molar-refractivity contribution is 6.34. The van der Waals surface area contributed by atoms with Crippen LogP contribution in [0.15, 0.2) is 36.0 Å². The van der Waals surface area contributed by atoms with Gasteiger partial charge in [0, 0.05) is 16.7 Å². The summed E-state index contributed by atoms with van der Waals surface area (Å²) in [5.74, 6) is 0.368. The third-order valence-electron chi connectivity index (χ3n) is 2.84. The third kappa shape index (κ3) is 2.88. The molecule has 0 radical (unpaired) electrons. The second kappa shape index (κ2) is 6.04. The normalized spacial score (nSPS) is 11.1. The number of aryl methyl sites for hydroxylation is 1. The number of nitrogens with two attached hydrogens (primary N) is 1. The van der Waals surface area contributed by atoms with Crippen LogP contribution in [0, 0.1) is 6.92 Å². The first kappa shape index (κ1) is 13.8. The molecule has 0 bridgehead atoms. The lowest BCUT2D eigenvalue weighted by molar-refractivity contribution is 1.01. The van der Waals surface area contributed by atoms with E-state index in [1.807, 2.05) is 31.2 Å². The molecule has 0 aliphatic heterocycles. The van der Waals surface area contributed by atoms with Gasteiger partial charge in [0.2, 0.25) is 0 Å². The first-order valence-corrected chi connectivity index (χ1v) is 6.57. The van der Waals surface area contributed by atoms with Gasteiger partial charge in [-0.05, 0) is 24.5 Å². The van der Waals surface area contributed by atoms with E-state index in [-0.39, 0.29) is 0 Å². The molecular weight excluding hydrogens is 281 g/mol. The van der Waals surface area contributed by atoms with E-state index in [1.165, 1.54) is 5.54 Å². The summed E-state index contributed by atoms with van der Waals surface area (Å²) < 4.78 is 0. The van der Waals surface area contributed by atoms with Crippen molar-refractivity contribution in [3.05, 3.63) is 52.2 Å². The van der Waals surface area contributed by atoms with Crippen LogP contribution in [0.3, 0.4) is 0 Å². The molecule has 0 saturated carbocycles. The van der Waals surface area contributed by atoms with E-state index in [9.17, 15) is 0 Å². The molecule has 0 fully saturated rings. The molecule has 2 aromatic rings. The van der Waals surface area contributed by atoms with Gasteiger partial charge in [0.05, 0.1) is 11.2 Å². The van der Waals surface area contributed by atoms with Crippen molar-refractivity contribution < 1.29 is 0 Å². The Morgan fingerprint density at radius 1 is 1.37 bits per heavy atom. The topological polar surface area (TPSA) is 51.8 Å². The van der Waals surface area contributed by atoms with E-state index in [4.69, 9.17) is 28.9 Å². The standard InChI is InChI=1S/C14H13Cl2N3/c1-9-4-2-6-11(13(9)16)12-10(5-3-7-15)8-18-19-14(12)17/h2-4,6-8H,5H2,1H3,(H2,17,19). The number of anilines is 1. The van der Waals surface area contributed by atoms with Gasteiger partial charge in [0.25, 0.3) is 0 Å². The summed E-state index contributed by atoms with van der Waals surface area (Å²) in [4.78, 5) is 0. The van der Waals surface area contributed by atoms with Crippen LogP contribution in [0.5, 0.6) is 0 Å². The molecule has 1 heterocycles. The van der Waals surface area contributed by atoms with Crippen molar-refractivity contribution in [2.45, 2.75) is 13.3 Å². The van der Waals surface area contributed by atoms with Crippen molar-refractivity contribution in [3.8, 4) is 11.1 Å². The van der Waals surface area contributed by atoms with Crippen molar-refractivity contribution >= 4 is 29.0 Å². The molecule has 2 N–H and O–H groups in total. The Balaban J connectivity index is 2.63. The monoisotopic (exact) mass is 293 g/mol. The third-order valence-corrected chi connectivity index (χ3v) is 3.52. The predicted molar refractivity (Wildman–Crippen MR) is 80.3 cm³/mol. The van der Waals surface area contributed by atoms with Gasteiger partial charge in [-0.1, -0.05) is 47.5 Å². The lowest BCUT2D eigenvalue weighted by Crippen LogP contribution is -2.01. The largest absolute Gasteiger partial charge is 0.382 e. The first-order valence-electron chi connectivity index (χ1n) is 5.76. The minimum atomic E-state index is 0.368. The van der Waals surface area contributed by atoms with Crippen LogP contribution >= 0.6 is 23.2 Å². The van der Waals surface area contributed by atoms with Crippen LogP contribution in [-0.4, -0.2) is 10.2 Å². The lowest BCUT2D eigenvalue weighted by Gasteiger charge is -2.12. The molecule has 0 amide bonds. The van der Waals surface area contributed by atoms with Gasteiger partial charge in [-0.3, -0.25) is 0 Å².